The number of hydrogen-bond acceptors (Lipinski definition) is 6. The molecule has 0 radical (unpaired) electrons. The predicted molar refractivity (Wildman–Crippen MR) is 94.1 cm³/mol. The van der Waals surface area contributed by atoms with E-state index in [4.69, 9.17) is 14.2 Å². The molecule has 0 spiro atoms. The van der Waals surface area contributed by atoms with Gasteiger partial charge in [-0.05, 0) is 42.5 Å². The Morgan fingerprint density at radius 1 is 1.00 bits per heavy atom. The first kappa shape index (κ1) is 20.3. The quantitative estimate of drug-likeness (QED) is 0.758. The number of nitrogens with one attached hydrogen (secondary N) is 1. The standard InChI is InChI=1S/C19H16F3NO6/c20-19(21,22)29-14-5-3-13(4-6-14)23-17(24)11-28-18(25)12-2-7-15-16(10-12)27-9-1-8-26-15/h2-7,10H,1,8-9,11H2,(H,23,24). The molecule has 0 saturated heterocycles. The summed E-state index contributed by atoms with van der Waals surface area (Å²) < 4.78 is 56.0. The number of fused-ring (bicyclic) bond motifs is 1. The third-order valence-electron chi connectivity index (χ3n) is 3.69. The van der Waals surface area contributed by atoms with Gasteiger partial charge in [-0.15, -0.1) is 13.2 Å². The lowest BCUT2D eigenvalue weighted by Gasteiger charge is -2.11. The van der Waals surface area contributed by atoms with Crippen LogP contribution >= 0.6 is 0 Å². The van der Waals surface area contributed by atoms with Crippen LogP contribution in [-0.4, -0.2) is 38.1 Å². The highest BCUT2D eigenvalue weighted by Gasteiger charge is 2.31. The van der Waals surface area contributed by atoms with E-state index in [1.807, 2.05) is 0 Å². The number of halogens is 3. The normalized spacial score (nSPS) is 13.2. The minimum atomic E-state index is -4.80. The third-order valence-corrected chi connectivity index (χ3v) is 3.69. The van der Waals surface area contributed by atoms with Gasteiger partial charge in [-0.2, -0.15) is 0 Å². The maximum Gasteiger partial charge on any atom is 0.573 e. The molecule has 2 aromatic rings. The summed E-state index contributed by atoms with van der Waals surface area (Å²) in [5, 5.41) is 2.40. The second-order valence-electron chi connectivity index (χ2n) is 5.91. The zero-order chi connectivity index (χ0) is 20.9. The highest BCUT2D eigenvalue weighted by atomic mass is 19.4. The molecule has 1 heterocycles. The zero-order valence-electron chi connectivity index (χ0n) is 15.0. The van der Waals surface area contributed by atoms with Crippen LogP contribution in [0.5, 0.6) is 17.2 Å². The second-order valence-corrected chi connectivity index (χ2v) is 5.91. The van der Waals surface area contributed by atoms with Gasteiger partial charge in [-0.1, -0.05) is 0 Å². The fourth-order valence-electron chi connectivity index (χ4n) is 2.44. The molecule has 2 aromatic carbocycles. The highest BCUT2D eigenvalue weighted by molar-refractivity contribution is 5.95. The van der Waals surface area contributed by atoms with Gasteiger partial charge in [0.2, 0.25) is 0 Å². The van der Waals surface area contributed by atoms with Crippen molar-refractivity contribution in [2.24, 2.45) is 0 Å². The van der Waals surface area contributed by atoms with E-state index in [0.29, 0.717) is 24.7 Å². The van der Waals surface area contributed by atoms with Gasteiger partial charge >= 0.3 is 12.3 Å². The average molecular weight is 411 g/mol. The number of rotatable bonds is 5. The molecule has 7 nitrogen and oxygen atoms in total. The lowest BCUT2D eigenvalue weighted by molar-refractivity contribution is -0.274. The van der Waals surface area contributed by atoms with Gasteiger partial charge in [-0.25, -0.2) is 4.79 Å². The van der Waals surface area contributed by atoms with E-state index in [2.05, 4.69) is 10.1 Å². The smallest absolute Gasteiger partial charge is 0.490 e. The Balaban J connectivity index is 1.51. The minimum Gasteiger partial charge on any atom is -0.490 e. The van der Waals surface area contributed by atoms with Crippen LogP contribution in [0.1, 0.15) is 16.8 Å². The Labute approximate surface area is 163 Å². The molecule has 0 aliphatic carbocycles. The lowest BCUT2D eigenvalue weighted by Crippen LogP contribution is -2.21. The molecule has 0 bridgehead atoms. The molecule has 0 saturated carbocycles. The summed E-state index contributed by atoms with van der Waals surface area (Å²) in [6.45, 7) is 0.398. The zero-order valence-corrected chi connectivity index (χ0v) is 15.0. The van der Waals surface area contributed by atoms with Crippen molar-refractivity contribution in [1.82, 2.24) is 0 Å². The Kier molecular flexibility index (Phi) is 6.10. The number of carbonyl (C=O) groups excluding carboxylic acids is 2. The number of carbonyl (C=O) groups is 2. The van der Waals surface area contributed by atoms with Crippen LogP contribution in [0.25, 0.3) is 0 Å². The van der Waals surface area contributed by atoms with Gasteiger partial charge < -0.3 is 24.3 Å². The number of hydrogen-bond donors (Lipinski definition) is 1. The monoisotopic (exact) mass is 411 g/mol. The van der Waals surface area contributed by atoms with Gasteiger partial charge in [0.05, 0.1) is 18.8 Å². The van der Waals surface area contributed by atoms with Crippen molar-refractivity contribution in [2.45, 2.75) is 12.8 Å². The Morgan fingerprint density at radius 2 is 1.69 bits per heavy atom. The predicted octanol–water partition coefficient (Wildman–Crippen LogP) is 3.54. The second kappa shape index (κ2) is 8.72. The van der Waals surface area contributed by atoms with E-state index in [0.717, 1.165) is 18.6 Å². The number of ether oxygens (including phenoxy) is 4. The van der Waals surface area contributed by atoms with Crippen LogP contribution in [0.2, 0.25) is 0 Å². The molecular formula is C19H16F3NO6. The largest absolute Gasteiger partial charge is 0.573 e. The third kappa shape index (κ3) is 6.03. The van der Waals surface area contributed by atoms with Crippen molar-refractivity contribution in [1.29, 1.82) is 0 Å². The molecule has 3 rings (SSSR count). The Hall–Kier alpha value is -3.43. The first-order chi connectivity index (χ1) is 13.8. The Morgan fingerprint density at radius 3 is 2.38 bits per heavy atom. The van der Waals surface area contributed by atoms with E-state index in [1.165, 1.54) is 24.3 Å². The van der Waals surface area contributed by atoms with Crippen molar-refractivity contribution in [3.63, 3.8) is 0 Å². The number of benzene rings is 2. The van der Waals surface area contributed by atoms with E-state index in [1.54, 1.807) is 6.07 Å². The summed E-state index contributed by atoms with van der Waals surface area (Å²) in [5.74, 6) is -0.865. The number of amides is 1. The van der Waals surface area contributed by atoms with Crippen LogP contribution in [-0.2, 0) is 9.53 Å². The summed E-state index contributed by atoms with van der Waals surface area (Å²) >= 11 is 0. The van der Waals surface area contributed by atoms with Crippen molar-refractivity contribution >= 4 is 17.6 Å². The van der Waals surface area contributed by atoms with Crippen LogP contribution < -0.4 is 19.5 Å². The van der Waals surface area contributed by atoms with Crippen LogP contribution in [0.4, 0.5) is 18.9 Å². The van der Waals surface area contributed by atoms with Crippen molar-refractivity contribution in [3.8, 4) is 17.2 Å². The van der Waals surface area contributed by atoms with Crippen molar-refractivity contribution in [2.75, 3.05) is 25.1 Å². The molecule has 0 atom stereocenters. The molecule has 29 heavy (non-hydrogen) atoms. The SMILES string of the molecule is O=C(COC(=O)c1ccc2c(c1)OCCCO2)Nc1ccc(OC(F)(F)F)cc1. The van der Waals surface area contributed by atoms with Crippen LogP contribution in [0.15, 0.2) is 42.5 Å². The molecule has 1 amide bonds. The molecule has 1 aliphatic heterocycles. The number of esters is 1. The fourth-order valence-corrected chi connectivity index (χ4v) is 2.44. The molecule has 0 aromatic heterocycles. The Bertz CT molecular complexity index is 883. The summed E-state index contributed by atoms with van der Waals surface area (Å²) in [5.41, 5.74) is 0.409. The highest BCUT2D eigenvalue weighted by Crippen LogP contribution is 2.30. The van der Waals surface area contributed by atoms with Crippen molar-refractivity contribution in [3.05, 3.63) is 48.0 Å². The summed E-state index contributed by atoms with van der Waals surface area (Å²) in [6.07, 6.45) is -4.08. The topological polar surface area (TPSA) is 83.1 Å². The molecule has 1 N–H and O–H groups in total. The summed E-state index contributed by atoms with van der Waals surface area (Å²) in [7, 11) is 0. The maximum atomic E-state index is 12.1. The molecule has 154 valence electrons. The van der Waals surface area contributed by atoms with E-state index >= 15 is 0 Å². The first-order valence-electron chi connectivity index (χ1n) is 8.52. The van der Waals surface area contributed by atoms with E-state index in [-0.39, 0.29) is 11.3 Å². The first-order valence-corrected chi connectivity index (χ1v) is 8.52. The molecule has 1 aliphatic rings. The molecular weight excluding hydrogens is 395 g/mol. The molecule has 0 unspecified atom stereocenters. The molecule has 10 heteroatoms. The maximum absolute atomic E-state index is 12.1. The minimum absolute atomic E-state index is 0.190. The van der Waals surface area contributed by atoms with E-state index in [9.17, 15) is 22.8 Å². The summed E-state index contributed by atoms with van der Waals surface area (Å²) in [6, 6.07) is 9.10. The summed E-state index contributed by atoms with van der Waals surface area (Å²) in [4.78, 5) is 24.0. The van der Waals surface area contributed by atoms with Gasteiger partial charge in [0, 0.05) is 12.1 Å². The van der Waals surface area contributed by atoms with E-state index < -0.39 is 30.6 Å². The number of alkyl halides is 3. The van der Waals surface area contributed by atoms with Crippen LogP contribution in [0.3, 0.4) is 0 Å². The number of anilines is 1. The molecule has 0 fully saturated rings. The van der Waals surface area contributed by atoms with Gasteiger partial charge in [-0.3, -0.25) is 4.79 Å². The lowest BCUT2D eigenvalue weighted by atomic mass is 10.2. The van der Waals surface area contributed by atoms with Gasteiger partial charge in [0.25, 0.3) is 5.91 Å². The fraction of sp³-hybridized carbons (Fsp3) is 0.263. The van der Waals surface area contributed by atoms with Gasteiger partial charge in [0.1, 0.15) is 5.75 Å². The van der Waals surface area contributed by atoms with Gasteiger partial charge in [0.15, 0.2) is 18.1 Å². The van der Waals surface area contributed by atoms with Crippen LogP contribution in [0, 0.1) is 0 Å². The average Bonchev–Trinajstić information content (AvgIpc) is 2.91. The van der Waals surface area contributed by atoms with Crippen molar-refractivity contribution < 1.29 is 41.7 Å².